The van der Waals surface area contributed by atoms with Crippen LogP contribution >= 0.6 is 0 Å². The van der Waals surface area contributed by atoms with Gasteiger partial charge >= 0.3 is 0 Å². The molecule has 1 aromatic carbocycles. The molecule has 16 heavy (non-hydrogen) atoms. The maximum Gasteiger partial charge on any atom is 0.163 e. The van der Waals surface area contributed by atoms with Crippen molar-refractivity contribution in [2.24, 2.45) is 0 Å². The predicted octanol–water partition coefficient (Wildman–Crippen LogP) is 3.08. The van der Waals surface area contributed by atoms with Crippen LogP contribution in [0.15, 0.2) is 18.2 Å². The number of carbonyl (C=O) groups is 1. The van der Waals surface area contributed by atoms with E-state index in [4.69, 9.17) is 9.47 Å². The zero-order valence-electron chi connectivity index (χ0n) is 10.2. The molecule has 1 aromatic rings. The van der Waals surface area contributed by atoms with E-state index in [1.54, 1.807) is 25.3 Å². The van der Waals surface area contributed by atoms with Gasteiger partial charge in [0.1, 0.15) is 11.5 Å². The van der Waals surface area contributed by atoms with Crippen LogP contribution in [0.2, 0.25) is 0 Å². The minimum atomic E-state index is 0.000885. The lowest BCUT2D eigenvalue weighted by molar-refractivity contribution is 0.101. The monoisotopic (exact) mass is 222 g/mol. The Balaban J connectivity index is 3.05. The Morgan fingerprint density at radius 1 is 1.44 bits per heavy atom. The van der Waals surface area contributed by atoms with Gasteiger partial charge in [-0.3, -0.25) is 4.79 Å². The number of hydrogen-bond acceptors (Lipinski definition) is 3. The summed E-state index contributed by atoms with van der Waals surface area (Å²) in [5.74, 6) is 1.30. The van der Waals surface area contributed by atoms with Crippen LogP contribution in [0.3, 0.4) is 0 Å². The van der Waals surface area contributed by atoms with Crippen molar-refractivity contribution >= 4 is 5.78 Å². The van der Waals surface area contributed by atoms with Crippen LogP contribution in [0.25, 0.3) is 0 Å². The van der Waals surface area contributed by atoms with Crippen molar-refractivity contribution in [2.75, 3.05) is 7.11 Å². The molecule has 3 heteroatoms. The molecule has 0 aromatic heterocycles. The summed E-state index contributed by atoms with van der Waals surface area (Å²) >= 11 is 0. The van der Waals surface area contributed by atoms with Gasteiger partial charge in [0, 0.05) is 6.07 Å². The van der Waals surface area contributed by atoms with Gasteiger partial charge in [-0.1, -0.05) is 6.92 Å². The largest absolute Gasteiger partial charge is 0.497 e. The number of Topliss-reactive ketones (excluding diaryl/α,β-unsaturated/α-hetero) is 1. The van der Waals surface area contributed by atoms with Crippen LogP contribution in [0.1, 0.15) is 37.6 Å². The molecular weight excluding hydrogens is 204 g/mol. The second kappa shape index (κ2) is 5.54. The van der Waals surface area contributed by atoms with E-state index < -0.39 is 0 Å². The summed E-state index contributed by atoms with van der Waals surface area (Å²) in [5, 5.41) is 0. The third kappa shape index (κ3) is 2.99. The van der Waals surface area contributed by atoms with Crippen molar-refractivity contribution in [1.82, 2.24) is 0 Å². The molecule has 0 saturated carbocycles. The normalized spacial score (nSPS) is 12.0. The molecule has 0 amide bonds. The van der Waals surface area contributed by atoms with Gasteiger partial charge in [0.05, 0.1) is 18.8 Å². The maximum atomic E-state index is 11.4. The fraction of sp³-hybridized carbons (Fsp3) is 0.462. The van der Waals surface area contributed by atoms with E-state index in [9.17, 15) is 4.79 Å². The summed E-state index contributed by atoms with van der Waals surface area (Å²) in [6, 6.07) is 5.25. The number of carbonyl (C=O) groups excluding carboxylic acids is 1. The molecule has 0 N–H and O–H groups in total. The van der Waals surface area contributed by atoms with E-state index in [0.29, 0.717) is 17.1 Å². The highest BCUT2D eigenvalue weighted by molar-refractivity contribution is 5.97. The van der Waals surface area contributed by atoms with Gasteiger partial charge in [-0.15, -0.1) is 0 Å². The second-order valence-electron chi connectivity index (χ2n) is 3.75. The van der Waals surface area contributed by atoms with Gasteiger partial charge in [-0.25, -0.2) is 0 Å². The molecule has 0 radical (unpaired) electrons. The standard InChI is InChI=1S/C13H18O3/c1-5-9(2)16-13-8-11(15-4)6-7-12(13)10(3)14/h6-9H,5H2,1-4H3. The summed E-state index contributed by atoms with van der Waals surface area (Å²) < 4.78 is 10.8. The molecule has 0 heterocycles. The van der Waals surface area contributed by atoms with Crippen molar-refractivity contribution in [3.63, 3.8) is 0 Å². The SMILES string of the molecule is CCC(C)Oc1cc(OC)ccc1C(C)=O. The summed E-state index contributed by atoms with van der Waals surface area (Å²) in [6.07, 6.45) is 0.986. The second-order valence-corrected chi connectivity index (χ2v) is 3.75. The van der Waals surface area contributed by atoms with Crippen molar-refractivity contribution < 1.29 is 14.3 Å². The number of hydrogen-bond donors (Lipinski definition) is 0. The van der Waals surface area contributed by atoms with E-state index >= 15 is 0 Å². The predicted molar refractivity (Wildman–Crippen MR) is 63.4 cm³/mol. The molecule has 0 fully saturated rings. The summed E-state index contributed by atoms with van der Waals surface area (Å²) in [5.41, 5.74) is 0.598. The van der Waals surface area contributed by atoms with Gasteiger partial charge in [0.25, 0.3) is 0 Å². The molecule has 1 rings (SSSR count). The molecule has 1 atom stereocenters. The zero-order chi connectivity index (χ0) is 12.1. The minimum Gasteiger partial charge on any atom is -0.497 e. The van der Waals surface area contributed by atoms with Crippen LogP contribution < -0.4 is 9.47 Å². The quantitative estimate of drug-likeness (QED) is 0.718. The summed E-state index contributed by atoms with van der Waals surface area (Å²) in [4.78, 5) is 11.4. The number of ether oxygens (including phenoxy) is 2. The van der Waals surface area contributed by atoms with Crippen LogP contribution in [-0.2, 0) is 0 Å². The lowest BCUT2D eigenvalue weighted by atomic mass is 10.1. The fourth-order valence-corrected chi connectivity index (χ4v) is 1.32. The Morgan fingerprint density at radius 2 is 2.12 bits per heavy atom. The molecule has 3 nitrogen and oxygen atoms in total. The first-order chi connectivity index (χ1) is 7.58. The molecule has 0 bridgehead atoms. The van der Waals surface area contributed by atoms with E-state index in [0.717, 1.165) is 6.42 Å². The highest BCUT2D eigenvalue weighted by Crippen LogP contribution is 2.26. The zero-order valence-corrected chi connectivity index (χ0v) is 10.2. The van der Waals surface area contributed by atoms with Crippen molar-refractivity contribution in [3.8, 4) is 11.5 Å². The number of benzene rings is 1. The topological polar surface area (TPSA) is 35.5 Å². The van der Waals surface area contributed by atoms with Gasteiger partial charge in [0.15, 0.2) is 5.78 Å². The van der Waals surface area contributed by atoms with Gasteiger partial charge in [-0.2, -0.15) is 0 Å². The number of rotatable bonds is 5. The molecule has 0 aliphatic rings. The molecule has 0 aliphatic heterocycles. The molecular formula is C13H18O3. The van der Waals surface area contributed by atoms with Crippen molar-refractivity contribution in [3.05, 3.63) is 23.8 Å². The fourth-order valence-electron chi connectivity index (χ4n) is 1.32. The third-order valence-corrected chi connectivity index (χ3v) is 2.47. The minimum absolute atomic E-state index is 0.000885. The number of ketones is 1. The van der Waals surface area contributed by atoms with Crippen LogP contribution in [0.5, 0.6) is 11.5 Å². The molecule has 88 valence electrons. The van der Waals surface area contributed by atoms with E-state index in [2.05, 4.69) is 0 Å². The van der Waals surface area contributed by atoms with Crippen LogP contribution in [0.4, 0.5) is 0 Å². The highest BCUT2D eigenvalue weighted by Gasteiger charge is 2.12. The first-order valence-electron chi connectivity index (χ1n) is 5.44. The van der Waals surface area contributed by atoms with Crippen LogP contribution in [-0.4, -0.2) is 19.0 Å². The highest BCUT2D eigenvalue weighted by atomic mass is 16.5. The maximum absolute atomic E-state index is 11.4. The lowest BCUT2D eigenvalue weighted by Crippen LogP contribution is -2.12. The smallest absolute Gasteiger partial charge is 0.163 e. The first-order valence-corrected chi connectivity index (χ1v) is 5.44. The van der Waals surface area contributed by atoms with Gasteiger partial charge in [0.2, 0.25) is 0 Å². The van der Waals surface area contributed by atoms with E-state index in [1.165, 1.54) is 6.92 Å². The van der Waals surface area contributed by atoms with Crippen molar-refractivity contribution in [2.45, 2.75) is 33.3 Å². The summed E-state index contributed by atoms with van der Waals surface area (Å²) in [7, 11) is 1.59. The van der Waals surface area contributed by atoms with Gasteiger partial charge < -0.3 is 9.47 Å². The first kappa shape index (κ1) is 12.6. The average Bonchev–Trinajstić information content (AvgIpc) is 2.28. The Labute approximate surface area is 96.4 Å². The van der Waals surface area contributed by atoms with Gasteiger partial charge in [-0.05, 0) is 32.4 Å². The lowest BCUT2D eigenvalue weighted by Gasteiger charge is -2.15. The Kier molecular flexibility index (Phi) is 4.35. The third-order valence-electron chi connectivity index (χ3n) is 2.47. The van der Waals surface area contributed by atoms with Crippen LogP contribution in [0, 0.1) is 0 Å². The van der Waals surface area contributed by atoms with E-state index in [-0.39, 0.29) is 11.9 Å². The molecule has 0 aliphatic carbocycles. The Bertz CT molecular complexity index is 371. The summed E-state index contributed by atoms with van der Waals surface area (Å²) in [6.45, 7) is 5.55. The Hall–Kier alpha value is -1.51. The molecule has 1 unspecified atom stereocenters. The Morgan fingerprint density at radius 3 is 2.62 bits per heavy atom. The van der Waals surface area contributed by atoms with Crippen molar-refractivity contribution in [1.29, 1.82) is 0 Å². The molecule has 0 saturated heterocycles. The molecule has 0 spiro atoms. The number of methoxy groups -OCH3 is 1. The average molecular weight is 222 g/mol. The van der Waals surface area contributed by atoms with E-state index in [1.807, 2.05) is 13.8 Å².